The van der Waals surface area contributed by atoms with Gasteiger partial charge in [-0.15, -0.1) is 0 Å². The number of nitrogens with zero attached hydrogens (tertiary/aromatic N) is 1. The van der Waals surface area contributed by atoms with Crippen LogP contribution in [0, 0.1) is 10.1 Å². The van der Waals surface area contributed by atoms with Gasteiger partial charge < -0.3 is 5.32 Å². The second kappa shape index (κ2) is 5.66. The van der Waals surface area contributed by atoms with E-state index in [1.54, 1.807) is 0 Å². The number of nitro groups is 1. The van der Waals surface area contributed by atoms with Gasteiger partial charge in [0.15, 0.2) is 0 Å². The summed E-state index contributed by atoms with van der Waals surface area (Å²) in [5.41, 5.74) is -4.71. The molecule has 0 radical (unpaired) electrons. The molecule has 1 amide bonds. The zero-order chi connectivity index (χ0) is 16.4. The molecule has 0 fully saturated rings. The van der Waals surface area contributed by atoms with E-state index >= 15 is 0 Å². The maximum Gasteiger partial charge on any atom is 0.423 e. The van der Waals surface area contributed by atoms with Gasteiger partial charge in [0.05, 0.1) is 11.3 Å². The first-order chi connectivity index (χ1) is 9.40. The fraction of sp³-hybridized carbons (Fsp3) is 0.417. The SMILES string of the molecule is CC(C)(F)CC(=O)Nc1ccc([N+](=O)[O-])c(C(F)(F)F)c1. The molecule has 5 nitrogen and oxygen atoms in total. The Hall–Kier alpha value is -2.19. The number of nitrogens with one attached hydrogen (secondary N) is 1. The monoisotopic (exact) mass is 308 g/mol. The van der Waals surface area contributed by atoms with Gasteiger partial charge in [0.2, 0.25) is 5.91 Å². The largest absolute Gasteiger partial charge is 0.423 e. The van der Waals surface area contributed by atoms with Gasteiger partial charge in [-0.3, -0.25) is 14.9 Å². The minimum atomic E-state index is -4.94. The Morgan fingerprint density at radius 3 is 2.29 bits per heavy atom. The van der Waals surface area contributed by atoms with Crippen LogP contribution in [0.3, 0.4) is 0 Å². The average molecular weight is 308 g/mol. The topological polar surface area (TPSA) is 72.2 Å². The van der Waals surface area contributed by atoms with Crippen LogP contribution in [0.2, 0.25) is 0 Å². The average Bonchev–Trinajstić information content (AvgIpc) is 2.24. The minimum absolute atomic E-state index is 0.290. The molecule has 0 aliphatic rings. The van der Waals surface area contributed by atoms with Gasteiger partial charge in [0.25, 0.3) is 5.69 Å². The number of nitro benzene ring substituents is 1. The second-order valence-corrected chi connectivity index (χ2v) is 4.93. The predicted molar refractivity (Wildman–Crippen MR) is 66.5 cm³/mol. The Kier molecular flexibility index (Phi) is 4.55. The highest BCUT2D eigenvalue weighted by molar-refractivity contribution is 5.91. The Morgan fingerprint density at radius 1 is 1.29 bits per heavy atom. The lowest BCUT2D eigenvalue weighted by atomic mass is 10.1. The zero-order valence-electron chi connectivity index (χ0n) is 11.1. The molecule has 0 atom stereocenters. The number of halogens is 4. The molecule has 116 valence electrons. The van der Waals surface area contributed by atoms with Crippen LogP contribution in [0.1, 0.15) is 25.8 Å². The highest BCUT2D eigenvalue weighted by Gasteiger charge is 2.38. The first-order valence-corrected chi connectivity index (χ1v) is 5.74. The van der Waals surface area contributed by atoms with E-state index in [2.05, 4.69) is 5.32 Å². The maximum atomic E-state index is 13.3. The Balaban J connectivity index is 3.07. The number of carbonyl (C=O) groups excluding carboxylic acids is 1. The Morgan fingerprint density at radius 2 is 1.86 bits per heavy atom. The van der Waals surface area contributed by atoms with Gasteiger partial charge in [-0.05, 0) is 26.0 Å². The van der Waals surface area contributed by atoms with Crippen molar-refractivity contribution in [3.8, 4) is 0 Å². The van der Waals surface area contributed by atoms with Crippen LogP contribution in [0.5, 0.6) is 0 Å². The van der Waals surface area contributed by atoms with E-state index in [9.17, 15) is 32.5 Å². The van der Waals surface area contributed by atoms with Crippen LogP contribution >= 0.6 is 0 Å². The van der Waals surface area contributed by atoms with Gasteiger partial charge in [0, 0.05) is 11.8 Å². The number of rotatable bonds is 4. The van der Waals surface area contributed by atoms with Crippen LogP contribution in [0.25, 0.3) is 0 Å². The fourth-order valence-electron chi connectivity index (χ4n) is 1.59. The lowest BCUT2D eigenvalue weighted by Crippen LogP contribution is -2.23. The predicted octanol–water partition coefficient (Wildman–Crippen LogP) is 3.69. The molecular weight excluding hydrogens is 296 g/mol. The molecule has 0 heterocycles. The molecule has 0 unspecified atom stereocenters. The molecular formula is C12H12F4N2O3. The molecule has 21 heavy (non-hydrogen) atoms. The summed E-state index contributed by atoms with van der Waals surface area (Å²) in [5.74, 6) is -0.829. The van der Waals surface area contributed by atoms with Gasteiger partial charge in [-0.1, -0.05) is 0 Å². The molecule has 0 saturated carbocycles. The second-order valence-electron chi connectivity index (χ2n) is 4.93. The van der Waals surface area contributed by atoms with Crippen molar-refractivity contribution in [3.63, 3.8) is 0 Å². The number of hydrogen-bond acceptors (Lipinski definition) is 3. The van der Waals surface area contributed by atoms with Crippen LogP contribution in [0.4, 0.5) is 28.9 Å². The molecule has 1 aromatic carbocycles. The number of alkyl halides is 4. The summed E-state index contributed by atoms with van der Waals surface area (Å²) in [5, 5.41) is 12.6. The summed E-state index contributed by atoms with van der Waals surface area (Å²) in [4.78, 5) is 20.8. The van der Waals surface area contributed by atoms with Crippen molar-refractivity contribution in [1.29, 1.82) is 0 Å². The fourth-order valence-corrected chi connectivity index (χ4v) is 1.59. The van der Waals surface area contributed by atoms with E-state index in [1.807, 2.05) is 0 Å². The number of amides is 1. The maximum absolute atomic E-state index is 13.3. The summed E-state index contributed by atoms with van der Waals surface area (Å²) in [6.07, 6.45) is -5.49. The third-order valence-electron chi connectivity index (χ3n) is 2.36. The molecule has 0 aromatic heterocycles. The van der Waals surface area contributed by atoms with Crippen molar-refractivity contribution in [3.05, 3.63) is 33.9 Å². The molecule has 1 N–H and O–H groups in total. The van der Waals surface area contributed by atoms with Crippen LogP contribution < -0.4 is 5.32 Å². The van der Waals surface area contributed by atoms with E-state index in [4.69, 9.17) is 0 Å². The first-order valence-electron chi connectivity index (χ1n) is 5.74. The lowest BCUT2D eigenvalue weighted by molar-refractivity contribution is -0.388. The Bertz CT molecular complexity index is 565. The van der Waals surface area contributed by atoms with Crippen molar-refractivity contribution in [2.45, 2.75) is 32.1 Å². The standard InChI is InChI=1S/C12H12F4N2O3/c1-11(2,13)6-10(19)17-7-3-4-9(18(20)21)8(5-7)12(14,15)16/h3-5H,6H2,1-2H3,(H,17,19). The molecule has 1 aromatic rings. The summed E-state index contributed by atoms with van der Waals surface area (Å²) in [6, 6.07) is 2.04. The molecule has 1 rings (SSSR count). The van der Waals surface area contributed by atoms with E-state index in [0.717, 1.165) is 19.9 Å². The highest BCUT2D eigenvalue weighted by Crippen LogP contribution is 2.37. The van der Waals surface area contributed by atoms with Gasteiger partial charge in [0.1, 0.15) is 11.2 Å². The number of benzene rings is 1. The van der Waals surface area contributed by atoms with Crippen molar-refractivity contribution < 1.29 is 27.3 Å². The molecule has 9 heteroatoms. The quantitative estimate of drug-likeness (QED) is 0.524. The lowest BCUT2D eigenvalue weighted by Gasteiger charge is -2.14. The van der Waals surface area contributed by atoms with Gasteiger partial charge in [-0.2, -0.15) is 13.2 Å². The first kappa shape index (κ1) is 16.9. The zero-order valence-corrected chi connectivity index (χ0v) is 11.1. The normalized spacial score (nSPS) is 12.1. The molecule has 0 saturated heterocycles. The summed E-state index contributed by atoms with van der Waals surface area (Å²) in [6.45, 7) is 2.28. The summed E-state index contributed by atoms with van der Waals surface area (Å²) in [7, 11) is 0. The molecule has 0 aliphatic heterocycles. The third kappa shape index (κ3) is 5.01. The highest BCUT2D eigenvalue weighted by atomic mass is 19.4. The summed E-state index contributed by atoms with van der Waals surface area (Å²) >= 11 is 0. The number of anilines is 1. The van der Waals surface area contributed by atoms with Crippen LogP contribution in [-0.4, -0.2) is 16.5 Å². The number of carbonyl (C=O) groups is 1. The van der Waals surface area contributed by atoms with E-state index in [1.165, 1.54) is 0 Å². The Labute approximate surface area is 117 Å². The van der Waals surface area contributed by atoms with Crippen molar-refractivity contribution in [2.75, 3.05) is 5.32 Å². The molecule has 0 spiro atoms. The van der Waals surface area contributed by atoms with Crippen molar-refractivity contribution in [1.82, 2.24) is 0 Å². The smallest absolute Gasteiger partial charge is 0.326 e. The van der Waals surface area contributed by atoms with E-state index in [0.29, 0.717) is 12.1 Å². The molecule has 0 aliphatic carbocycles. The van der Waals surface area contributed by atoms with Crippen molar-refractivity contribution >= 4 is 17.3 Å². The van der Waals surface area contributed by atoms with E-state index in [-0.39, 0.29) is 5.69 Å². The van der Waals surface area contributed by atoms with Crippen LogP contribution in [-0.2, 0) is 11.0 Å². The van der Waals surface area contributed by atoms with Gasteiger partial charge >= 0.3 is 6.18 Å². The third-order valence-corrected chi connectivity index (χ3v) is 2.36. The molecule has 0 bridgehead atoms. The summed E-state index contributed by atoms with van der Waals surface area (Å²) < 4.78 is 51.4. The van der Waals surface area contributed by atoms with Crippen molar-refractivity contribution in [2.24, 2.45) is 0 Å². The van der Waals surface area contributed by atoms with E-state index < -0.39 is 40.3 Å². The van der Waals surface area contributed by atoms with Gasteiger partial charge in [-0.25, -0.2) is 4.39 Å². The number of hydrogen-bond donors (Lipinski definition) is 1. The minimum Gasteiger partial charge on any atom is -0.326 e. The van der Waals surface area contributed by atoms with Crippen LogP contribution in [0.15, 0.2) is 18.2 Å².